The number of nitrogens with one attached hydrogen (secondary N) is 1. The van der Waals surface area contributed by atoms with E-state index in [0.29, 0.717) is 6.04 Å². The van der Waals surface area contributed by atoms with Crippen LogP contribution in [-0.2, 0) is 10.3 Å². The standard InChI is InChI=1S/C13H16BrNO/c14-11-3-1-10(2-4-11)13(6-7-13)15-12-5-8-16-9-12/h1-4,12,15H,5-9H2/t12-/m0/s1. The van der Waals surface area contributed by atoms with Crippen LogP contribution in [-0.4, -0.2) is 19.3 Å². The molecule has 3 rings (SSSR count). The highest BCUT2D eigenvalue weighted by atomic mass is 79.9. The van der Waals surface area contributed by atoms with Gasteiger partial charge < -0.3 is 10.1 Å². The van der Waals surface area contributed by atoms with Crippen LogP contribution in [0.2, 0.25) is 0 Å². The normalized spacial score (nSPS) is 26.9. The van der Waals surface area contributed by atoms with E-state index in [9.17, 15) is 0 Å². The third kappa shape index (κ3) is 2.04. The molecule has 1 saturated heterocycles. The lowest BCUT2D eigenvalue weighted by molar-refractivity contribution is 0.187. The summed E-state index contributed by atoms with van der Waals surface area (Å²) in [6.07, 6.45) is 3.66. The molecule has 0 bridgehead atoms. The zero-order valence-corrected chi connectivity index (χ0v) is 10.8. The van der Waals surface area contributed by atoms with Crippen molar-refractivity contribution in [1.82, 2.24) is 5.32 Å². The van der Waals surface area contributed by atoms with Crippen molar-refractivity contribution in [3.8, 4) is 0 Å². The molecule has 1 atom stereocenters. The van der Waals surface area contributed by atoms with Gasteiger partial charge in [-0.15, -0.1) is 0 Å². The van der Waals surface area contributed by atoms with E-state index in [4.69, 9.17) is 4.74 Å². The molecule has 0 amide bonds. The van der Waals surface area contributed by atoms with Crippen molar-refractivity contribution in [1.29, 1.82) is 0 Å². The number of ether oxygens (including phenoxy) is 1. The molecular weight excluding hydrogens is 266 g/mol. The Kier molecular flexibility index (Phi) is 2.78. The largest absolute Gasteiger partial charge is 0.380 e. The number of hydrogen-bond donors (Lipinski definition) is 1. The first-order valence-electron chi connectivity index (χ1n) is 5.90. The number of halogens is 1. The molecule has 2 nitrogen and oxygen atoms in total. The van der Waals surface area contributed by atoms with Gasteiger partial charge in [-0.1, -0.05) is 28.1 Å². The Bertz CT molecular complexity index is 366. The molecule has 2 fully saturated rings. The van der Waals surface area contributed by atoms with Crippen molar-refractivity contribution in [3.05, 3.63) is 34.3 Å². The maximum Gasteiger partial charge on any atom is 0.0620 e. The van der Waals surface area contributed by atoms with E-state index in [1.807, 2.05) is 0 Å². The Balaban J connectivity index is 1.74. The summed E-state index contributed by atoms with van der Waals surface area (Å²) in [6, 6.07) is 9.25. The van der Waals surface area contributed by atoms with Gasteiger partial charge in [-0.25, -0.2) is 0 Å². The van der Waals surface area contributed by atoms with Gasteiger partial charge in [-0.2, -0.15) is 0 Å². The molecule has 1 aromatic rings. The second kappa shape index (κ2) is 4.13. The van der Waals surface area contributed by atoms with Crippen LogP contribution in [0.3, 0.4) is 0 Å². The van der Waals surface area contributed by atoms with Gasteiger partial charge in [0.1, 0.15) is 0 Å². The summed E-state index contributed by atoms with van der Waals surface area (Å²) in [5.74, 6) is 0. The highest BCUT2D eigenvalue weighted by molar-refractivity contribution is 9.10. The molecule has 1 N–H and O–H groups in total. The third-order valence-electron chi connectivity index (χ3n) is 3.56. The number of hydrogen-bond acceptors (Lipinski definition) is 2. The van der Waals surface area contributed by atoms with Crippen LogP contribution < -0.4 is 5.32 Å². The predicted molar refractivity (Wildman–Crippen MR) is 67.4 cm³/mol. The zero-order chi connectivity index (χ0) is 11.0. The van der Waals surface area contributed by atoms with Gasteiger partial charge in [0.2, 0.25) is 0 Å². The summed E-state index contributed by atoms with van der Waals surface area (Å²) in [5, 5.41) is 3.76. The maximum absolute atomic E-state index is 5.42. The monoisotopic (exact) mass is 281 g/mol. The van der Waals surface area contributed by atoms with Gasteiger partial charge >= 0.3 is 0 Å². The van der Waals surface area contributed by atoms with Crippen molar-refractivity contribution >= 4 is 15.9 Å². The molecular formula is C13H16BrNO. The maximum atomic E-state index is 5.42. The molecule has 1 heterocycles. The zero-order valence-electron chi connectivity index (χ0n) is 9.21. The van der Waals surface area contributed by atoms with Gasteiger partial charge in [0.05, 0.1) is 6.61 Å². The first-order valence-corrected chi connectivity index (χ1v) is 6.69. The quantitative estimate of drug-likeness (QED) is 0.920. The van der Waals surface area contributed by atoms with Crippen molar-refractivity contribution < 1.29 is 4.74 Å². The minimum atomic E-state index is 0.249. The molecule has 0 spiro atoms. The van der Waals surface area contributed by atoms with Gasteiger partial charge in [-0.05, 0) is 37.0 Å². The molecule has 0 radical (unpaired) electrons. The molecule has 0 unspecified atom stereocenters. The minimum Gasteiger partial charge on any atom is -0.380 e. The van der Waals surface area contributed by atoms with Crippen molar-refractivity contribution in [2.24, 2.45) is 0 Å². The average molecular weight is 282 g/mol. The fourth-order valence-corrected chi connectivity index (χ4v) is 2.71. The molecule has 3 heteroatoms. The van der Waals surface area contributed by atoms with Gasteiger partial charge in [0.25, 0.3) is 0 Å². The second-order valence-electron chi connectivity index (χ2n) is 4.79. The highest BCUT2D eigenvalue weighted by Gasteiger charge is 2.45. The molecule has 86 valence electrons. The Morgan fingerprint density at radius 3 is 2.56 bits per heavy atom. The second-order valence-corrected chi connectivity index (χ2v) is 5.71. The van der Waals surface area contributed by atoms with Crippen molar-refractivity contribution in [2.45, 2.75) is 30.8 Å². The van der Waals surface area contributed by atoms with Crippen LogP contribution in [0.4, 0.5) is 0 Å². The first-order chi connectivity index (χ1) is 7.78. The topological polar surface area (TPSA) is 21.3 Å². The van der Waals surface area contributed by atoms with E-state index < -0.39 is 0 Å². The van der Waals surface area contributed by atoms with Gasteiger partial charge in [0.15, 0.2) is 0 Å². The minimum absolute atomic E-state index is 0.249. The Labute approximate surface area is 105 Å². The van der Waals surface area contributed by atoms with Gasteiger partial charge in [-0.3, -0.25) is 0 Å². The smallest absolute Gasteiger partial charge is 0.0620 e. The van der Waals surface area contributed by atoms with Gasteiger partial charge in [0, 0.05) is 22.7 Å². The third-order valence-corrected chi connectivity index (χ3v) is 4.09. The Morgan fingerprint density at radius 2 is 2.00 bits per heavy atom. The fraction of sp³-hybridized carbons (Fsp3) is 0.538. The average Bonchev–Trinajstić information content (AvgIpc) is 2.88. The van der Waals surface area contributed by atoms with Crippen molar-refractivity contribution in [2.75, 3.05) is 13.2 Å². The van der Waals surface area contributed by atoms with E-state index in [-0.39, 0.29) is 5.54 Å². The van der Waals surface area contributed by atoms with E-state index in [0.717, 1.165) is 24.1 Å². The van der Waals surface area contributed by atoms with Crippen LogP contribution in [0.25, 0.3) is 0 Å². The van der Waals surface area contributed by atoms with E-state index >= 15 is 0 Å². The molecule has 1 aliphatic heterocycles. The van der Waals surface area contributed by atoms with Crippen LogP contribution in [0.1, 0.15) is 24.8 Å². The summed E-state index contributed by atoms with van der Waals surface area (Å²) in [4.78, 5) is 0. The van der Waals surface area contributed by atoms with Crippen LogP contribution in [0.15, 0.2) is 28.7 Å². The van der Waals surface area contributed by atoms with Crippen LogP contribution in [0, 0.1) is 0 Å². The lowest BCUT2D eigenvalue weighted by Gasteiger charge is -2.22. The first kappa shape index (κ1) is 10.8. The fourth-order valence-electron chi connectivity index (χ4n) is 2.45. The lowest BCUT2D eigenvalue weighted by Crippen LogP contribution is -2.38. The van der Waals surface area contributed by atoms with E-state index in [1.54, 1.807) is 0 Å². The summed E-state index contributed by atoms with van der Waals surface area (Å²) >= 11 is 3.48. The molecule has 16 heavy (non-hydrogen) atoms. The Hall–Kier alpha value is -0.380. The summed E-state index contributed by atoms with van der Waals surface area (Å²) in [5.41, 5.74) is 1.67. The van der Waals surface area contributed by atoms with Crippen LogP contribution >= 0.6 is 15.9 Å². The highest BCUT2D eigenvalue weighted by Crippen LogP contribution is 2.46. The molecule has 2 aliphatic rings. The SMILES string of the molecule is Brc1ccc(C2(N[C@H]3CCOC3)CC2)cc1. The lowest BCUT2D eigenvalue weighted by atomic mass is 10.0. The molecule has 1 aromatic carbocycles. The predicted octanol–water partition coefficient (Wildman–Crippen LogP) is 2.82. The van der Waals surface area contributed by atoms with E-state index in [1.165, 1.54) is 18.4 Å². The number of benzene rings is 1. The summed E-state index contributed by atoms with van der Waals surface area (Å²) < 4.78 is 6.57. The number of rotatable bonds is 3. The summed E-state index contributed by atoms with van der Waals surface area (Å²) in [7, 11) is 0. The van der Waals surface area contributed by atoms with E-state index in [2.05, 4.69) is 45.5 Å². The van der Waals surface area contributed by atoms with Crippen LogP contribution in [0.5, 0.6) is 0 Å². The Morgan fingerprint density at radius 1 is 1.25 bits per heavy atom. The molecule has 0 aromatic heterocycles. The molecule has 1 aliphatic carbocycles. The summed E-state index contributed by atoms with van der Waals surface area (Å²) in [6.45, 7) is 1.78. The van der Waals surface area contributed by atoms with Crippen molar-refractivity contribution in [3.63, 3.8) is 0 Å². The molecule has 1 saturated carbocycles.